The van der Waals surface area contributed by atoms with Gasteiger partial charge < -0.3 is 4.74 Å². The summed E-state index contributed by atoms with van der Waals surface area (Å²) in [6, 6.07) is 7.58. The number of hydrogen-bond acceptors (Lipinski definition) is 1. The maximum atomic E-state index is 13.3. The summed E-state index contributed by atoms with van der Waals surface area (Å²) in [5, 5.41) is 0. The van der Waals surface area contributed by atoms with Crippen molar-refractivity contribution in [3.63, 3.8) is 0 Å². The molecular formula is C15H16F2O. The van der Waals surface area contributed by atoms with Crippen LogP contribution in [-0.4, -0.2) is 19.1 Å². The maximum absolute atomic E-state index is 13.3. The number of alkyl halides is 2. The van der Waals surface area contributed by atoms with Crippen molar-refractivity contribution in [3.05, 3.63) is 41.5 Å². The molecule has 1 aliphatic heterocycles. The molecule has 0 spiro atoms. The molecule has 1 fully saturated rings. The van der Waals surface area contributed by atoms with Crippen LogP contribution in [0.4, 0.5) is 8.78 Å². The van der Waals surface area contributed by atoms with E-state index in [4.69, 9.17) is 4.74 Å². The summed E-state index contributed by atoms with van der Waals surface area (Å²) in [5.74, 6) is -2.54. The molecule has 0 amide bonds. The van der Waals surface area contributed by atoms with Crippen LogP contribution in [0.5, 0.6) is 0 Å². The molecule has 18 heavy (non-hydrogen) atoms. The number of hydrogen-bond donors (Lipinski definition) is 0. The molecule has 1 heterocycles. The summed E-state index contributed by atoms with van der Waals surface area (Å²) in [6.07, 6.45) is 2.93. The van der Waals surface area contributed by atoms with E-state index in [9.17, 15) is 8.78 Å². The zero-order valence-corrected chi connectivity index (χ0v) is 10.4. The summed E-state index contributed by atoms with van der Waals surface area (Å²) in [6.45, 7) is 3.02. The van der Waals surface area contributed by atoms with Crippen LogP contribution >= 0.6 is 0 Å². The Labute approximate surface area is 105 Å². The molecule has 0 N–H and O–H groups in total. The molecule has 2 aliphatic rings. The van der Waals surface area contributed by atoms with Gasteiger partial charge in [0.1, 0.15) is 0 Å². The molecular weight excluding hydrogens is 234 g/mol. The highest BCUT2D eigenvalue weighted by atomic mass is 19.3. The first kappa shape index (κ1) is 11.8. The van der Waals surface area contributed by atoms with E-state index in [1.54, 1.807) is 6.92 Å². The van der Waals surface area contributed by atoms with E-state index >= 15 is 0 Å². The average Bonchev–Trinajstić information content (AvgIpc) is 2.91. The number of ether oxygens (including phenoxy) is 1. The third kappa shape index (κ3) is 1.77. The Balaban J connectivity index is 1.84. The molecule has 0 aromatic heterocycles. The molecule has 1 atom stereocenters. The molecule has 1 aromatic carbocycles. The lowest BCUT2D eigenvalue weighted by molar-refractivity contribution is 0.0920. The topological polar surface area (TPSA) is 9.23 Å². The zero-order valence-electron chi connectivity index (χ0n) is 10.4. The average molecular weight is 250 g/mol. The van der Waals surface area contributed by atoms with Crippen molar-refractivity contribution in [2.75, 3.05) is 13.2 Å². The normalized spacial score (nSPS) is 29.8. The second-order valence-corrected chi connectivity index (χ2v) is 5.34. The Bertz CT molecular complexity index is 490. The summed E-state index contributed by atoms with van der Waals surface area (Å²) >= 11 is 0. The Morgan fingerprint density at radius 1 is 1.17 bits per heavy atom. The number of benzene rings is 1. The first-order chi connectivity index (χ1) is 8.53. The van der Waals surface area contributed by atoms with E-state index in [-0.39, 0.29) is 6.42 Å². The van der Waals surface area contributed by atoms with Gasteiger partial charge in [0, 0.05) is 6.42 Å². The summed E-state index contributed by atoms with van der Waals surface area (Å²) in [5.41, 5.74) is 2.16. The zero-order chi connectivity index (χ0) is 12.8. The monoisotopic (exact) mass is 250 g/mol. The number of halogens is 2. The van der Waals surface area contributed by atoms with E-state index < -0.39 is 11.3 Å². The quantitative estimate of drug-likeness (QED) is 0.776. The molecule has 1 aromatic rings. The fourth-order valence-electron chi connectivity index (χ4n) is 2.55. The van der Waals surface area contributed by atoms with Crippen molar-refractivity contribution in [2.45, 2.75) is 31.1 Å². The predicted octanol–water partition coefficient (Wildman–Crippen LogP) is 3.79. The minimum absolute atomic E-state index is 0.0319. The van der Waals surface area contributed by atoms with Crippen molar-refractivity contribution in [1.82, 2.24) is 0 Å². The van der Waals surface area contributed by atoms with E-state index in [0.717, 1.165) is 24.2 Å². The SMILES string of the molecule is CC1(c2ccc(C3=CCOCC3)cc2)CC1(F)F. The van der Waals surface area contributed by atoms with Gasteiger partial charge in [-0.1, -0.05) is 30.3 Å². The van der Waals surface area contributed by atoms with Crippen molar-refractivity contribution < 1.29 is 13.5 Å². The molecule has 1 unspecified atom stereocenters. The van der Waals surface area contributed by atoms with Crippen LogP contribution in [-0.2, 0) is 10.2 Å². The van der Waals surface area contributed by atoms with Gasteiger partial charge in [0.15, 0.2) is 0 Å². The second-order valence-electron chi connectivity index (χ2n) is 5.34. The van der Waals surface area contributed by atoms with Crippen LogP contribution in [0.3, 0.4) is 0 Å². The fourth-order valence-corrected chi connectivity index (χ4v) is 2.55. The largest absolute Gasteiger partial charge is 0.377 e. The van der Waals surface area contributed by atoms with Gasteiger partial charge in [-0.15, -0.1) is 0 Å². The molecule has 96 valence electrons. The van der Waals surface area contributed by atoms with E-state index in [2.05, 4.69) is 6.08 Å². The lowest BCUT2D eigenvalue weighted by atomic mass is 9.94. The standard InChI is InChI=1S/C15H16F2O/c1-14(10-15(14,16)17)13-4-2-11(3-5-13)12-6-8-18-9-7-12/h2-6H,7-10H2,1H3. The minimum atomic E-state index is -2.54. The Morgan fingerprint density at radius 2 is 1.83 bits per heavy atom. The number of rotatable bonds is 2. The van der Waals surface area contributed by atoms with Crippen molar-refractivity contribution >= 4 is 5.57 Å². The predicted molar refractivity (Wildman–Crippen MR) is 66.8 cm³/mol. The Kier molecular flexibility index (Phi) is 2.56. The molecule has 3 heteroatoms. The lowest BCUT2D eigenvalue weighted by Crippen LogP contribution is -2.11. The van der Waals surface area contributed by atoms with Gasteiger partial charge in [0.2, 0.25) is 0 Å². The smallest absolute Gasteiger partial charge is 0.258 e. The third-order valence-corrected chi connectivity index (χ3v) is 4.11. The van der Waals surface area contributed by atoms with Crippen molar-refractivity contribution in [1.29, 1.82) is 0 Å². The summed E-state index contributed by atoms with van der Waals surface area (Å²) in [7, 11) is 0. The highest BCUT2D eigenvalue weighted by Crippen LogP contribution is 2.61. The van der Waals surface area contributed by atoms with Crippen LogP contribution in [0.15, 0.2) is 30.3 Å². The van der Waals surface area contributed by atoms with Crippen LogP contribution in [0.2, 0.25) is 0 Å². The van der Waals surface area contributed by atoms with Crippen LogP contribution < -0.4 is 0 Å². The first-order valence-corrected chi connectivity index (χ1v) is 6.28. The minimum Gasteiger partial charge on any atom is -0.377 e. The van der Waals surface area contributed by atoms with Gasteiger partial charge in [-0.05, 0) is 30.0 Å². The van der Waals surface area contributed by atoms with Crippen molar-refractivity contribution in [3.8, 4) is 0 Å². The highest BCUT2D eigenvalue weighted by Gasteiger charge is 2.68. The van der Waals surface area contributed by atoms with E-state index in [1.165, 1.54) is 5.57 Å². The maximum Gasteiger partial charge on any atom is 0.258 e. The van der Waals surface area contributed by atoms with Crippen LogP contribution in [0.25, 0.3) is 5.57 Å². The van der Waals surface area contributed by atoms with Gasteiger partial charge in [0.05, 0.1) is 18.6 Å². The van der Waals surface area contributed by atoms with Gasteiger partial charge in [-0.3, -0.25) is 0 Å². The molecule has 3 rings (SSSR count). The van der Waals surface area contributed by atoms with E-state index in [0.29, 0.717) is 6.61 Å². The van der Waals surface area contributed by atoms with Crippen molar-refractivity contribution in [2.24, 2.45) is 0 Å². The Hall–Kier alpha value is -1.22. The van der Waals surface area contributed by atoms with Crippen LogP contribution in [0.1, 0.15) is 30.9 Å². The van der Waals surface area contributed by atoms with Crippen LogP contribution in [0, 0.1) is 0 Å². The molecule has 1 aliphatic carbocycles. The molecule has 0 bridgehead atoms. The molecule has 0 radical (unpaired) electrons. The molecule has 1 saturated carbocycles. The molecule has 0 saturated heterocycles. The summed E-state index contributed by atoms with van der Waals surface area (Å²) < 4.78 is 31.8. The summed E-state index contributed by atoms with van der Waals surface area (Å²) in [4.78, 5) is 0. The lowest BCUT2D eigenvalue weighted by Gasteiger charge is -2.15. The van der Waals surface area contributed by atoms with E-state index in [1.807, 2.05) is 24.3 Å². The van der Waals surface area contributed by atoms with Gasteiger partial charge in [-0.25, -0.2) is 8.78 Å². The van der Waals surface area contributed by atoms with Gasteiger partial charge in [-0.2, -0.15) is 0 Å². The second kappa shape index (κ2) is 3.89. The highest BCUT2D eigenvalue weighted by molar-refractivity contribution is 5.66. The molecule has 1 nitrogen and oxygen atoms in total. The van der Waals surface area contributed by atoms with Gasteiger partial charge in [0.25, 0.3) is 5.92 Å². The van der Waals surface area contributed by atoms with Gasteiger partial charge >= 0.3 is 0 Å². The fraction of sp³-hybridized carbons (Fsp3) is 0.467. The first-order valence-electron chi connectivity index (χ1n) is 6.28. The third-order valence-electron chi connectivity index (χ3n) is 4.11. The Morgan fingerprint density at radius 3 is 2.33 bits per heavy atom.